The first-order valence-corrected chi connectivity index (χ1v) is 14.6. The summed E-state index contributed by atoms with van der Waals surface area (Å²) < 4.78 is 0. The van der Waals surface area contributed by atoms with E-state index in [0.717, 1.165) is 30.5 Å². The first-order chi connectivity index (χ1) is 14.5. The molecule has 4 rings (SSSR count). The molecule has 2 heterocycles. The van der Waals surface area contributed by atoms with Crippen molar-refractivity contribution < 1.29 is 9.59 Å². The highest BCUT2D eigenvalue weighted by atomic mass is 35.5. The maximum absolute atomic E-state index is 13.3. The van der Waals surface area contributed by atoms with Crippen LogP contribution in [0.2, 0.25) is 29.7 Å². The van der Waals surface area contributed by atoms with E-state index in [9.17, 15) is 9.59 Å². The third-order valence-electron chi connectivity index (χ3n) is 7.14. The number of nitrogens with one attached hydrogen (secondary N) is 3. The standard InChI is InChI=1S/C22H30ClN5O2Si/c1-21(2)17-14(13-28(21)20(30)24-16-10-7-6-9-15(16)23)18(27-26-17)25-19(29)22(11-8-12-22)31(3,4)5/h6-7,9-10H,8,11-13H2,1-5H3,(H,24,30)(H2,25,26,27,29). The molecule has 1 aliphatic heterocycles. The third kappa shape index (κ3) is 3.45. The van der Waals surface area contributed by atoms with Crippen LogP contribution >= 0.6 is 11.6 Å². The minimum absolute atomic E-state index is 0.0731. The number of anilines is 2. The summed E-state index contributed by atoms with van der Waals surface area (Å²) in [6.45, 7) is 11.0. The van der Waals surface area contributed by atoms with Gasteiger partial charge >= 0.3 is 6.03 Å². The third-order valence-corrected chi connectivity index (χ3v) is 11.1. The zero-order chi connectivity index (χ0) is 22.6. The van der Waals surface area contributed by atoms with Gasteiger partial charge in [0.25, 0.3) is 0 Å². The number of fused-ring (bicyclic) bond motifs is 1. The average molecular weight is 460 g/mol. The van der Waals surface area contributed by atoms with Crippen molar-refractivity contribution in [3.63, 3.8) is 0 Å². The second-order valence-electron chi connectivity index (χ2n) is 10.1. The first-order valence-electron chi connectivity index (χ1n) is 10.7. The molecule has 1 fully saturated rings. The van der Waals surface area contributed by atoms with Gasteiger partial charge in [-0.25, -0.2) is 4.79 Å². The minimum atomic E-state index is -1.69. The molecule has 3 amide bonds. The summed E-state index contributed by atoms with van der Waals surface area (Å²) in [5.41, 5.74) is 1.66. The van der Waals surface area contributed by atoms with Gasteiger partial charge in [-0.15, -0.1) is 0 Å². The van der Waals surface area contributed by atoms with E-state index >= 15 is 0 Å². The molecular weight excluding hydrogens is 430 g/mol. The topological polar surface area (TPSA) is 90.1 Å². The summed E-state index contributed by atoms with van der Waals surface area (Å²) in [5.74, 6) is 0.606. The van der Waals surface area contributed by atoms with Crippen molar-refractivity contribution >= 4 is 43.1 Å². The average Bonchev–Trinajstić information content (AvgIpc) is 3.13. The number of nitrogens with zero attached hydrogens (tertiary/aromatic N) is 2. The SMILES string of the molecule is CC1(C)c2[nH]nc(NC(=O)C3([Si](C)(C)C)CCC3)c2CN1C(=O)Nc1ccccc1Cl. The van der Waals surface area contributed by atoms with Crippen LogP contribution in [0.25, 0.3) is 0 Å². The van der Waals surface area contributed by atoms with Gasteiger partial charge in [-0.3, -0.25) is 9.89 Å². The Labute approximate surface area is 188 Å². The molecule has 1 aliphatic carbocycles. The van der Waals surface area contributed by atoms with Crippen LogP contribution in [0.5, 0.6) is 0 Å². The quantitative estimate of drug-likeness (QED) is 0.523. The Morgan fingerprint density at radius 3 is 2.42 bits per heavy atom. The molecule has 166 valence electrons. The van der Waals surface area contributed by atoms with Gasteiger partial charge in [0.05, 0.1) is 36.6 Å². The monoisotopic (exact) mass is 459 g/mol. The minimum Gasteiger partial charge on any atom is -0.309 e. The van der Waals surface area contributed by atoms with Gasteiger partial charge in [0.15, 0.2) is 5.82 Å². The lowest BCUT2D eigenvalue weighted by atomic mass is 9.83. The van der Waals surface area contributed by atoms with E-state index < -0.39 is 13.6 Å². The number of hydrogen-bond acceptors (Lipinski definition) is 3. The summed E-state index contributed by atoms with van der Waals surface area (Å²) in [4.78, 5) is 28.1. The summed E-state index contributed by atoms with van der Waals surface area (Å²) in [6, 6.07) is 6.90. The molecule has 0 radical (unpaired) electrons. The first kappa shape index (κ1) is 21.9. The van der Waals surface area contributed by atoms with E-state index in [4.69, 9.17) is 11.6 Å². The molecule has 2 aromatic rings. The Morgan fingerprint density at radius 2 is 1.84 bits per heavy atom. The zero-order valence-corrected chi connectivity index (χ0v) is 20.5. The predicted octanol–water partition coefficient (Wildman–Crippen LogP) is 5.55. The Hall–Kier alpha value is -2.32. The van der Waals surface area contributed by atoms with E-state index in [-0.39, 0.29) is 17.0 Å². The number of para-hydroxylation sites is 1. The van der Waals surface area contributed by atoms with Crippen LogP contribution in [0.4, 0.5) is 16.3 Å². The van der Waals surface area contributed by atoms with Crippen LogP contribution in [0, 0.1) is 0 Å². The molecule has 7 nitrogen and oxygen atoms in total. The Morgan fingerprint density at radius 1 is 1.16 bits per heavy atom. The van der Waals surface area contributed by atoms with Crippen LogP contribution in [0.3, 0.4) is 0 Å². The van der Waals surface area contributed by atoms with Gasteiger partial charge in [-0.2, -0.15) is 5.10 Å². The van der Waals surface area contributed by atoms with Crippen molar-refractivity contribution in [3.8, 4) is 0 Å². The van der Waals surface area contributed by atoms with Gasteiger partial charge in [-0.05, 0) is 38.8 Å². The number of aromatic nitrogens is 2. The molecular formula is C22H30ClN5O2Si. The van der Waals surface area contributed by atoms with Crippen molar-refractivity contribution in [2.75, 3.05) is 10.6 Å². The fourth-order valence-electron chi connectivity index (χ4n) is 4.77. The normalized spacial score (nSPS) is 18.8. The molecule has 1 aromatic heterocycles. The second kappa shape index (κ2) is 7.38. The number of hydrogen-bond donors (Lipinski definition) is 3. The van der Waals surface area contributed by atoms with Gasteiger partial charge in [0, 0.05) is 10.6 Å². The predicted molar refractivity (Wildman–Crippen MR) is 126 cm³/mol. The van der Waals surface area contributed by atoms with Crippen LogP contribution in [-0.2, 0) is 16.9 Å². The number of benzene rings is 1. The maximum Gasteiger partial charge on any atom is 0.322 e. The zero-order valence-electron chi connectivity index (χ0n) is 18.7. The lowest BCUT2D eigenvalue weighted by Crippen LogP contribution is -2.52. The molecule has 0 atom stereocenters. The smallest absolute Gasteiger partial charge is 0.309 e. The van der Waals surface area contributed by atoms with E-state index in [0.29, 0.717) is 23.1 Å². The molecule has 9 heteroatoms. The van der Waals surface area contributed by atoms with Crippen molar-refractivity contribution in [2.24, 2.45) is 0 Å². The van der Waals surface area contributed by atoms with Crippen molar-refractivity contribution in [1.29, 1.82) is 0 Å². The highest BCUT2D eigenvalue weighted by Gasteiger charge is 2.54. The van der Waals surface area contributed by atoms with E-state index in [1.165, 1.54) is 0 Å². The lowest BCUT2D eigenvalue weighted by Gasteiger charge is -2.48. The summed E-state index contributed by atoms with van der Waals surface area (Å²) in [7, 11) is -1.69. The molecule has 0 unspecified atom stereocenters. The maximum atomic E-state index is 13.3. The molecule has 0 bridgehead atoms. The molecule has 3 N–H and O–H groups in total. The summed E-state index contributed by atoms with van der Waals surface area (Å²) in [5, 5.41) is 13.7. The highest BCUT2D eigenvalue weighted by Crippen LogP contribution is 2.56. The van der Waals surface area contributed by atoms with Crippen molar-refractivity contribution in [1.82, 2.24) is 15.1 Å². The number of aromatic amines is 1. The van der Waals surface area contributed by atoms with E-state index in [2.05, 4.69) is 40.5 Å². The Balaban J connectivity index is 1.55. The van der Waals surface area contributed by atoms with Gasteiger partial charge in [0.2, 0.25) is 5.91 Å². The summed E-state index contributed by atoms with van der Waals surface area (Å²) >= 11 is 6.20. The van der Waals surface area contributed by atoms with Crippen molar-refractivity contribution in [2.45, 2.75) is 69.9 Å². The molecule has 1 saturated carbocycles. The largest absolute Gasteiger partial charge is 0.322 e. The Bertz CT molecular complexity index is 1040. The number of urea groups is 1. The number of carbonyl (C=O) groups is 2. The van der Waals surface area contributed by atoms with Gasteiger partial charge < -0.3 is 15.5 Å². The molecule has 1 aromatic carbocycles. The van der Waals surface area contributed by atoms with E-state index in [1.807, 2.05) is 26.0 Å². The second-order valence-corrected chi connectivity index (χ2v) is 16.0. The molecule has 31 heavy (non-hydrogen) atoms. The number of rotatable bonds is 4. The number of amides is 3. The van der Waals surface area contributed by atoms with Gasteiger partial charge in [0.1, 0.15) is 0 Å². The fraction of sp³-hybridized carbons (Fsp3) is 0.500. The van der Waals surface area contributed by atoms with E-state index in [1.54, 1.807) is 17.0 Å². The molecule has 2 aliphatic rings. The number of H-pyrrole nitrogens is 1. The molecule has 0 saturated heterocycles. The lowest BCUT2D eigenvalue weighted by molar-refractivity contribution is -0.121. The number of halogens is 1. The highest BCUT2D eigenvalue weighted by molar-refractivity contribution is 6.83. The summed E-state index contributed by atoms with van der Waals surface area (Å²) in [6.07, 6.45) is 2.98. The van der Waals surface area contributed by atoms with Crippen LogP contribution in [0.15, 0.2) is 24.3 Å². The van der Waals surface area contributed by atoms with Crippen LogP contribution in [0.1, 0.15) is 44.4 Å². The van der Waals surface area contributed by atoms with Crippen LogP contribution < -0.4 is 10.6 Å². The van der Waals surface area contributed by atoms with Gasteiger partial charge in [-0.1, -0.05) is 49.8 Å². The van der Waals surface area contributed by atoms with Crippen molar-refractivity contribution in [3.05, 3.63) is 40.5 Å². The fourth-order valence-corrected chi connectivity index (χ4v) is 7.55. The molecule has 0 spiro atoms. The van der Waals surface area contributed by atoms with Crippen LogP contribution in [-0.4, -0.2) is 35.1 Å². The Kier molecular flexibility index (Phi) is 5.21. The number of carbonyl (C=O) groups excluding carboxylic acids is 2.